The minimum atomic E-state index is -4.97. The van der Waals surface area contributed by atoms with Crippen LogP contribution in [0, 0.1) is 0 Å². The molecule has 7 nitrogen and oxygen atoms in total. The summed E-state index contributed by atoms with van der Waals surface area (Å²) >= 11 is 0. The lowest BCUT2D eigenvalue weighted by atomic mass is 10.0. The van der Waals surface area contributed by atoms with Crippen molar-refractivity contribution in [1.82, 2.24) is 10.6 Å². The second kappa shape index (κ2) is 8.37. The SMILES string of the molecule is CCOC=CC(O)(CNC(=O)N[C@@H]1COC[C@@H]1OC)C(F)(F)F. The Hall–Kier alpha value is -1.52. The molecule has 1 aliphatic heterocycles. The van der Waals surface area contributed by atoms with E-state index in [0.717, 1.165) is 6.26 Å². The van der Waals surface area contributed by atoms with Gasteiger partial charge in [0.05, 0.1) is 38.7 Å². The van der Waals surface area contributed by atoms with Crippen molar-refractivity contribution >= 4 is 6.03 Å². The van der Waals surface area contributed by atoms with E-state index >= 15 is 0 Å². The number of alkyl halides is 3. The number of methoxy groups -OCH3 is 1. The lowest BCUT2D eigenvalue weighted by molar-refractivity contribution is -0.237. The predicted octanol–water partition coefficient (Wildman–Crippen LogP) is 0.543. The zero-order valence-electron chi connectivity index (χ0n) is 12.9. The van der Waals surface area contributed by atoms with E-state index in [2.05, 4.69) is 10.1 Å². The summed E-state index contributed by atoms with van der Waals surface area (Å²) in [7, 11) is 1.44. The number of carbonyl (C=O) groups excluding carboxylic acids is 1. The smallest absolute Gasteiger partial charge is 0.422 e. The summed E-state index contributed by atoms with van der Waals surface area (Å²) in [5.74, 6) is 0. The molecule has 0 bridgehead atoms. The van der Waals surface area contributed by atoms with Crippen LogP contribution in [-0.4, -0.2) is 68.5 Å². The van der Waals surface area contributed by atoms with Crippen molar-refractivity contribution in [2.75, 3.05) is 33.5 Å². The second-order valence-corrected chi connectivity index (χ2v) is 4.93. The molecule has 134 valence electrons. The van der Waals surface area contributed by atoms with Crippen molar-refractivity contribution < 1.29 is 37.3 Å². The quantitative estimate of drug-likeness (QED) is 0.588. The number of hydrogen-bond donors (Lipinski definition) is 3. The van der Waals surface area contributed by atoms with E-state index in [4.69, 9.17) is 9.47 Å². The summed E-state index contributed by atoms with van der Waals surface area (Å²) in [5, 5.41) is 14.1. The van der Waals surface area contributed by atoms with E-state index in [1.54, 1.807) is 6.92 Å². The summed E-state index contributed by atoms with van der Waals surface area (Å²) in [6.07, 6.45) is -4.15. The van der Waals surface area contributed by atoms with Gasteiger partial charge in [-0.2, -0.15) is 13.2 Å². The Morgan fingerprint density at radius 1 is 1.43 bits per heavy atom. The molecule has 0 saturated carbocycles. The number of rotatable bonds is 7. The molecule has 10 heteroatoms. The molecule has 0 aromatic heterocycles. The zero-order chi connectivity index (χ0) is 17.5. The fourth-order valence-corrected chi connectivity index (χ4v) is 1.85. The monoisotopic (exact) mass is 342 g/mol. The van der Waals surface area contributed by atoms with Crippen LogP contribution in [0.3, 0.4) is 0 Å². The van der Waals surface area contributed by atoms with E-state index in [1.807, 2.05) is 5.32 Å². The molecule has 2 amide bonds. The van der Waals surface area contributed by atoms with Crippen molar-refractivity contribution in [1.29, 1.82) is 0 Å². The Labute approximate surface area is 131 Å². The van der Waals surface area contributed by atoms with Crippen LogP contribution in [0.25, 0.3) is 0 Å². The highest BCUT2D eigenvalue weighted by Crippen LogP contribution is 2.31. The third-order valence-corrected chi connectivity index (χ3v) is 3.26. The molecule has 0 radical (unpaired) electrons. The highest BCUT2D eigenvalue weighted by molar-refractivity contribution is 5.74. The van der Waals surface area contributed by atoms with Gasteiger partial charge in [0.15, 0.2) is 5.60 Å². The van der Waals surface area contributed by atoms with Crippen LogP contribution in [-0.2, 0) is 14.2 Å². The molecule has 1 heterocycles. The van der Waals surface area contributed by atoms with Crippen molar-refractivity contribution in [3.8, 4) is 0 Å². The average molecular weight is 342 g/mol. The topological polar surface area (TPSA) is 89.1 Å². The molecule has 0 spiro atoms. The molecule has 3 N–H and O–H groups in total. The van der Waals surface area contributed by atoms with Crippen LogP contribution in [0.15, 0.2) is 12.3 Å². The number of ether oxygens (including phenoxy) is 3. The Morgan fingerprint density at radius 2 is 2.13 bits per heavy atom. The molecule has 3 atom stereocenters. The molecule has 23 heavy (non-hydrogen) atoms. The molecule has 1 saturated heterocycles. The minimum Gasteiger partial charge on any atom is -0.502 e. The first-order chi connectivity index (χ1) is 10.7. The molecule has 1 aliphatic rings. The van der Waals surface area contributed by atoms with Crippen molar-refractivity contribution in [3.05, 3.63) is 12.3 Å². The molecule has 1 rings (SSSR count). The minimum absolute atomic E-state index is 0.151. The lowest BCUT2D eigenvalue weighted by Gasteiger charge is -2.28. The van der Waals surface area contributed by atoms with Gasteiger partial charge in [0, 0.05) is 7.11 Å². The molecular formula is C13H21F3N2O5. The van der Waals surface area contributed by atoms with Gasteiger partial charge in [-0.3, -0.25) is 0 Å². The van der Waals surface area contributed by atoms with Gasteiger partial charge >= 0.3 is 12.2 Å². The van der Waals surface area contributed by atoms with Gasteiger partial charge in [-0.15, -0.1) is 0 Å². The maximum absolute atomic E-state index is 12.9. The zero-order valence-corrected chi connectivity index (χ0v) is 12.9. The summed E-state index contributed by atoms with van der Waals surface area (Å²) in [6, 6.07) is -1.34. The van der Waals surface area contributed by atoms with Gasteiger partial charge < -0.3 is 30.0 Å². The first-order valence-electron chi connectivity index (χ1n) is 6.97. The Kier molecular flexibility index (Phi) is 7.10. The van der Waals surface area contributed by atoms with E-state index in [0.29, 0.717) is 6.08 Å². The van der Waals surface area contributed by atoms with Crippen LogP contribution in [0.4, 0.5) is 18.0 Å². The van der Waals surface area contributed by atoms with Crippen molar-refractivity contribution in [3.63, 3.8) is 0 Å². The van der Waals surface area contributed by atoms with Gasteiger partial charge in [0.25, 0.3) is 0 Å². The van der Waals surface area contributed by atoms with Gasteiger partial charge in [0.2, 0.25) is 0 Å². The summed E-state index contributed by atoms with van der Waals surface area (Å²) in [4.78, 5) is 11.7. The van der Waals surface area contributed by atoms with Crippen LogP contribution >= 0.6 is 0 Å². The Balaban J connectivity index is 2.58. The van der Waals surface area contributed by atoms with Gasteiger partial charge in [-0.05, 0) is 13.0 Å². The van der Waals surface area contributed by atoms with E-state index < -0.39 is 30.4 Å². The first-order valence-corrected chi connectivity index (χ1v) is 6.97. The van der Waals surface area contributed by atoms with Crippen LogP contribution < -0.4 is 10.6 Å². The summed E-state index contributed by atoms with van der Waals surface area (Å²) in [5.41, 5.74) is -3.23. The standard InChI is InChI=1S/C13H21F3N2O5/c1-3-22-5-4-12(20,13(14,15)16)8-17-11(19)18-9-6-23-7-10(9)21-2/h4-5,9-10,20H,3,6-8H2,1-2H3,(H2,17,18,19)/t9-,10+,12?/m1/s1. The van der Waals surface area contributed by atoms with E-state index in [9.17, 15) is 23.1 Å². The number of aliphatic hydroxyl groups is 1. The number of halogens is 3. The third-order valence-electron chi connectivity index (χ3n) is 3.26. The molecule has 0 aromatic carbocycles. The first kappa shape index (κ1) is 19.5. The van der Waals surface area contributed by atoms with Gasteiger partial charge in [-0.25, -0.2) is 4.79 Å². The highest BCUT2D eigenvalue weighted by atomic mass is 19.4. The molecule has 1 fully saturated rings. The largest absolute Gasteiger partial charge is 0.502 e. The number of hydrogen-bond acceptors (Lipinski definition) is 5. The van der Waals surface area contributed by atoms with Crippen LogP contribution in [0.1, 0.15) is 6.92 Å². The average Bonchev–Trinajstić information content (AvgIpc) is 2.91. The fourth-order valence-electron chi connectivity index (χ4n) is 1.85. The van der Waals surface area contributed by atoms with E-state index in [1.165, 1.54) is 7.11 Å². The second-order valence-electron chi connectivity index (χ2n) is 4.93. The van der Waals surface area contributed by atoms with Crippen molar-refractivity contribution in [2.24, 2.45) is 0 Å². The highest BCUT2D eigenvalue weighted by Gasteiger charge is 2.52. The van der Waals surface area contributed by atoms with Crippen molar-refractivity contribution in [2.45, 2.75) is 30.8 Å². The summed E-state index contributed by atoms with van der Waals surface area (Å²) in [6.45, 7) is 1.15. The molecule has 1 unspecified atom stereocenters. The normalized spacial score (nSPS) is 24.4. The molecule has 0 aromatic rings. The maximum Gasteiger partial charge on any atom is 0.422 e. The fraction of sp³-hybridized carbons (Fsp3) is 0.769. The summed E-state index contributed by atoms with van der Waals surface area (Å²) < 4.78 is 53.6. The van der Waals surface area contributed by atoms with Crippen LogP contribution in [0.5, 0.6) is 0 Å². The third kappa shape index (κ3) is 5.56. The Bertz CT molecular complexity index is 419. The number of amides is 2. The van der Waals surface area contributed by atoms with Gasteiger partial charge in [0.1, 0.15) is 6.10 Å². The number of carbonyl (C=O) groups is 1. The van der Waals surface area contributed by atoms with Gasteiger partial charge in [-0.1, -0.05) is 0 Å². The number of urea groups is 1. The molecular weight excluding hydrogens is 321 g/mol. The van der Waals surface area contributed by atoms with Crippen LogP contribution in [0.2, 0.25) is 0 Å². The maximum atomic E-state index is 12.9. The number of nitrogens with one attached hydrogen (secondary N) is 2. The lowest BCUT2D eigenvalue weighted by Crippen LogP contribution is -2.55. The molecule has 0 aliphatic carbocycles. The van der Waals surface area contributed by atoms with E-state index in [-0.39, 0.29) is 25.9 Å². The predicted molar refractivity (Wildman–Crippen MR) is 73.7 cm³/mol. The Morgan fingerprint density at radius 3 is 2.70 bits per heavy atom.